The summed E-state index contributed by atoms with van der Waals surface area (Å²) >= 11 is 0. The van der Waals surface area contributed by atoms with E-state index in [-0.39, 0.29) is 0 Å². The van der Waals surface area contributed by atoms with Gasteiger partial charge in [-0.1, -0.05) is 12.1 Å². The van der Waals surface area contributed by atoms with Gasteiger partial charge in [0.1, 0.15) is 6.04 Å². The SMILES string of the molecule is CNc1ccccc1N(C)C(C)C(F)(F)F. The number of benzene rings is 1. The van der Waals surface area contributed by atoms with Gasteiger partial charge in [0.25, 0.3) is 0 Å². The molecule has 5 heteroatoms. The Morgan fingerprint density at radius 3 is 2.31 bits per heavy atom. The minimum atomic E-state index is -4.23. The second kappa shape index (κ2) is 4.63. The van der Waals surface area contributed by atoms with Gasteiger partial charge in [-0.25, -0.2) is 0 Å². The van der Waals surface area contributed by atoms with Crippen LogP contribution in [0.4, 0.5) is 24.5 Å². The summed E-state index contributed by atoms with van der Waals surface area (Å²) < 4.78 is 37.7. The fraction of sp³-hybridized carbons (Fsp3) is 0.455. The van der Waals surface area contributed by atoms with Crippen LogP contribution in [0, 0.1) is 0 Å². The number of nitrogens with zero attached hydrogens (tertiary/aromatic N) is 1. The van der Waals surface area contributed by atoms with Gasteiger partial charge in [-0.3, -0.25) is 0 Å². The van der Waals surface area contributed by atoms with Gasteiger partial charge in [0.05, 0.1) is 11.4 Å². The Balaban J connectivity index is 3.00. The first kappa shape index (κ1) is 12.7. The van der Waals surface area contributed by atoms with Gasteiger partial charge in [0.2, 0.25) is 0 Å². The van der Waals surface area contributed by atoms with E-state index in [4.69, 9.17) is 0 Å². The van der Waals surface area contributed by atoms with Crippen LogP contribution in [0.5, 0.6) is 0 Å². The summed E-state index contributed by atoms with van der Waals surface area (Å²) in [4.78, 5) is 1.21. The number of hydrogen-bond acceptors (Lipinski definition) is 2. The van der Waals surface area contributed by atoms with E-state index in [1.807, 2.05) is 0 Å². The van der Waals surface area contributed by atoms with Crippen LogP contribution in [0.25, 0.3) is 0 Å². The third-order valence-corrected chi connectivity index (χ3v) is 2.61. The van der Waals surface area contributed by atoms with Crippen LogP contribution >= 0.6 is 0 Å². The first-order valence-corrected chi connectivity index (χ1v) is 4.94. The zero-order valence-corrected chi connectivity index (χ0v) is 9.47. The first-order valence-electron chi connectivity index (χ1n) is 4.94. The molecule has 0 amide bonds. The summed E-state index contributed by atoms with van der Waals surface area (Å²) in [5.41, 5.74) is 1.22. The molecule has 1 N–H and O–H groups in total. The molecule has 0 bridgehead atoms. The molecular weight excluding hydrogens is 217 g/mol. The van der Waals surface area contributed by atoms with Crippen molar-refractivity contribution in [3.05, 3.63) is 24.3 Å². The quantitative estimate of drug-likeness (QED) is 0.861. The molecule has 1 unspecified atom stereocenters. The van der Waals surface area contributed by atoms with Crippen molar-refractivity contribution >= 4 is 11.4 Å². The molecule has 1 aromatic rings. The molecule has 0 aliphatic carbocycles. The molecule has 1 atom stereocenters. The number of rotatable bonds is 3. The minimum Gasteiger partial charge on any atom is -0.386 e. The predicted molar refractivity (Wildman–Crippen MR) is 59.9 cm³/mol. The third-order valence-electron chi connectivity index (χ3n) is 2.61. The first-order chi connectivity index (χ1) is 7.38. The zero-order valence-electron chi connectivity index (χ0n) is 9.47. The van der Waals surface area contributed by atoms with Gasteiger partial charge in [0, 0.05) is 14.1 Å². The lowest BCUT2D eigenvalue weighted by atomic mass is 10.2. The average molecular weight is 232 g/mol. The van der Waals surface area contributed by atoms with Crippen LogP contribution in [0.2, 0.25) is 0 Å². The highest BCUT2D eigenvalue weighted by molar-refractivity contribution is 5.69. The van der Waals surface area contributed by atoms with E-state index in [1.54, 1.807) is 31.3 Å². The van der Waals surface area contributed by atoms with Crippen molar-refractivity contribution in [2.45, 2.75) is 19.1 Å². The summed E-state index contributed by atoms with van der Waals surface area (Å²) in [6.07, 6.45) is -4.23. The lowest BCUT2D eigenvalue weighted by molar-refractivity contribution is -0.143. The summed E-state index contributed by atoms with van der Waals surface area (Å²) in [6, 6.07) is 5.39. The molecule has 1 aromatic carbocycles. The fourth-order valence-corrected chi connectivity index (χ4v) is 1.42. The standard InChI is InChI=1S/C11H15F3N2/c1-8(11(12,13)14)16(3)10-7-5-4-6-9(10)15-2/h4-8,15H,1-3H3. The zero-order chi connectivity index (χ0) is 12.3. The lowest BCUT2D eigenvalue weighted by Gasteiger charge is -2.30. The molecule has 0 saturated heterocycles. The second-order valence-electron chi connectivity index (χ2n) is 3.60. The van der Waals surface area contributed by atoms with Gasteiger partial charge in [-0.05, 0) is 19.1 Å². The van der Waals surface area contributed by atoms with Crippen molar-refractivity contribution in [1.82, 2.24) is 0 Å². The molecule has 0 aliphatic rings. The molecule has 0 saturated carbocycles. The van der Waals surface area contributed by atoms with E-state index in [0.717, 1.165) is 6.92 Å². The Kier molecular flexibility index (Phi) is 3.67. The van der Waals surface area contributed by atoms with Crippen molar-refractivity contribution in [2.24, 2.45) is 0 Å². The van der Waals surface area contributed by atoms with E-state index in [9.17, 15) is 13.2 Å². The van der Waals surface area contributed by atoms with Crippen LogP contribution in [0.1, 0.15) is 6.92 Å². The van der Waals surface area contributed by atoms with Crippen LogP contribution in [0.15, 0.2) is 24.3 Å². The highest BCUT2D eigenvalue weighted by atomic mass is 19.4. The van der Waals surface area contributed by atoms with Crippen LogP contribution in [-0.4, -0.2) is 26.3 Å². The maximum absolute atomic E-state index is 12.6. The molecular formula is C11H15F3N2. The largest absolute Gasteiger partial charge is 0.408 e. The number of anilines is 2. The van der Waals surface area contributed by atoms with E-state index in [2.05, 4.69) is 5.32 Å². The van der Waals surface area contributed by atoms with E-state index >= 15 is 0 Å². The highest BCUT2D eigenvalue weighted by Gasteiger charge is 2.39. The molecule has 0 aliphatic heterocycles. The van der Waals surface area contributed by atoms with E-state index < -0.39 is 12.2 Å². The maximum atomic E-state index is 12.6. The third kappa shape index (κ3) is 2.59. The van der Waals surface area contributed by atoms with Crippen LogP contribution in [-0.2, 0) is 0 Å². The monoisotopic (exact) mass is 232 g/mol. The average Bonchev–Trinajstić information content (AvgIpc) is 2.25. The molecule has 0 aromatic heterocycles. The Hall–Kier alpha value is -1.39. The molecule has 16 heavy (non-hydrogen) atoms. The highest BCUT2D eigenvalue weighted by Crippen LogP contribution is 2.31. The van der Waals surface area contributed by atoms with Gasteiger partial charge in [0.15, 0.2) is 0 Å². The van der Waals surface area contributed by atoms with E-state index in [1.165, 1.54) is 11.9 Å². The molecule has 2 nitrogen and oxygen atoms in total. The van der Waals surface area contributed by atoms with Crippen molar-refractivity contribution in [3.63, 3.8) is 0 Å². The summed E-state index contributed by atoms with van der Waals surface area (Å²) in [5.74, 6) is 0. The predicted octanol–water partition coefficient (Wildman–Crippen LogP) is 3.12. The topological polar surface area (TPSA) is 15.3 Å². The smallest absolute Gasteiger partial charge is 0.386 e. The summed E-state index contributed by atoms with van der Waals surface area (Å²) in [5, 5.41) is 2.87. The molecule has 0 spiro atoms. The number of halogens is 3. The maximum Gasteiger partial charge on any atom is 0.408 e. The van der Waals surface area contributed by atoms with Gasteiger partial charge in [-0.2, -0.15) is 13.2 Å². The number of nitrogens with one attached hydrogen (secondary N) is 1. The Morgan fingerprint density at radius 2 is 1.81 bits per heavy atom. The van der Waals surface area contributed by atoms with E-state index in [0.29, 0.717) is 11.4 Å². The molecule has 0 fully saturated rings. The summed E-state index contributed by atoms with van der Waals surface area (Å²) in [7, 11) is 3.12. The normalized spacial score (nSPS) is 13.4. The molecule has 0 radical (unpaired) electrons. The number of alkyl halides is 3. The van der Waals surface area contributed by atoms with Crippen LogP contribution in [0.3, 0.4) is 0 Å². The van der Waals surface area contributed by atoms with Crippen molar-refractivity contribution in [3.8, 4) is 0 Å². The lowest BCUT2D eigenvalue weighted by Crippen LogP contribution is -2.41. The fourth-order valence-electron chi connectivity index (χ4n) is 1.42. The van der Waals surface area contributed by atoms with Gasteiger partial charge >= 0.3 is 6.18 Å². The molecule has 90 valence electrons. The Labute approximate surface area is 93.1 Å². The number of hydrogen-bond donors (Lipinski definition) is 1. The Bertz CT molecular complexity index is 349. The molecule has 1 rings (SSSR count). The van der Waals surface area contributed by atoms with Crippen molar-refractivity contribution < 1.29 is 13.2 Å². The van der Waals surface area contributed by atoms with Crippen molar-refractivity contribution in [1.29, 1.82) is 0 Å². The van der Waals surface area contributed by atoms with Crippen molar-refractivity contribution in [2.75, 3.05) is 24.3 Å². The van der Waals surface area contributed by atoms with Crippen LogP contribution < -0.4 is 10.2 Å². The number of para-hydroxylation sites is 2. The summed E-state index contributed by atoms with van der Waals surface area (Å²) in [6.45, 7) is 1.15. The van der Waals surface area contributed by atoms with Gasteiger partial charge < -0.3 is 10.2 Å². The Morgan fingerprint density at radius 1 is 1.25 bits per heavy atom. The second-order valence-corrected chi connectivity index (χ2v) is 3.60. The van der Waals surface area contributed by atoms with Gasteiger partial charge in [-0.15, -0.1) is 0 Å². The minimum absolute atomic E-state index is 0.537. The molecule has 0 heterocycles.